The lowest BCUT2D eigenvalue weighted by molar-refractivity contribution is 0.0996. The molecule has 0 saturated heterocycles. The third-order valence-electron chi connectivity index (χ3n) is 6.38. The summed E-state index contributed by atoms with van der Waals surface area (Å²) < 4.78 is 23.9. The average molecular weight is 475 g/mol. The number of benzene rings is 1. The lowest BCUT2D eigenvalue weighted by atomic mass is 9.80. The topological polar surface area (TPSA) is 130 Å². The number of primary amides is 1. The number of aryl methyl sites for hydroxylation is 1. The zero-order valence-electron chi connectivity index (χ0n) is 19.8. The maximum atomic E-state index is 12.1. The summed E-state index contributed by atoms with van der Waals surface area (Å²) in [5, 5.41) is 6.52. The van der Waals surface area contributed by atoms with Crippen LogP contribution in [-0.2, 0) is 16.3 Å². The number of carbonyl (C=O) groups is 1. The highest BCUT2D eigenvalue weighted by Gasteiger charge is 2.34. The number of nitrogens with zero attached hydrogens (tertiary/aromatic N) is 3. The minimum Gasteiger partial charge on any atom is -0.367 e. The molecule has 4 N–H and O–H groups in total. The van der Waals surface area contributed by atoms with Gasteiger partial charge < -0.3 is 21.3 Å². The average Bonchev–Trinajstić information content (AvgIpc) is 2.77. The minimum absolute atomic E-state index is 0.0159. The first-order valence-electron chi connectivity index (χ1n) is 11.2. The maximum absolute atomic E-state index is 12.1. The van der Waals surface area contributed by atoms with E-state index in [1.165, 1.54) is 31.4 Å². The van der Waals surface area contributed by atoms with E-state index in [0.29, 0.717) is 30.2 Å². The van der Waals surface area contributed by atoms with Crippen LogP contribution in [0, 0.1) is 0 Å². The highest BCUT2D eigenvalue weighted by molar-refractivity contribution is 7.90. The van der Waals surface area contributed by atoms with Crippen LogP contribution < -0.4 is 16.4 Å². The molecule has 2 aromatic rings. The molecule has 0 unspecified atom stereocenters. The fourth-order valence-corrected chi connectivity index (χ4v) is 4.97. The molecule has 10 heteroatoms. The quantitative estimate of drug-likeness (QED) is 0.506. The Morgan fingerprint density at radius 1 is 1.15 bits per heavy atom. The summed E-state index contributed by atoms with van der Waals surface area (Å²) in [6.07, 6.45) is 7.56. The lowest BCUT2D eigenvalue weighted by Crippen LogP contribution is -2.51. The molecule has 1 aromatic heterocycles. The number of hydrogen-bond acceptors (Lipinski definition) is 8. The number of amides is 1. The Labute approximate surface area is 196 Å². The van der Waals surface area contributed by atoms with Crippen LogP contribution >= 0.6 is 0 Å². The van der Waals surface area contributed by atoms with Gasteiger partial charge >= 0.3 is 0 Å². The van der Waals surface area contributed by atoms with E-state index in [9.17, 15) is 13.2 Å². The van der Waals surface area contributed by atoms with Gasteiger partial charge in [0.1, 0.15) is 5.82 Å². The summed E-state index contributed by atoms with van der Waals surface area (Å²) in [5.41, 5.74) is 6.77. The molecule has 9 nitrogen and oxygen atoms in total. The molecule has 0 bridgehead atoms. The second kappa shape index (κ2) is 10.0. The Morgan fingerprint density at radius 3 is 2.42 bits per heavy atom. The molecule has 0 atom stereocenters. The van der Waals surface area contributed by atoms with Gasteiger partial charge in [-0.05, 0) is 51.6 Å². The summed E-state index contributed by atoms with van der Waals surface area (Å²) >= 11 is 0. The van der Waals surface area contributed by atoms with E-state index >= 15 is 0 Å². The van der Waals surface area contributed by atoms with Crippen molar-refractivity contribution in [3.63, 3.8) is 0 Å². The number of rotatable bonds is 9. The SMILES string of the molecule is CCc1nc(C(N)=O)c(Nc2cccc(S(C)(=O)=O)c2)nc1NCC1(N(C)C)CCCCC1. The predicted octanol–water partition coefficient (Wildman–Crippen LogP) is 2.96. The zero-order chi connectivity index (χ0) is 24.2. The van der Waals surface area contributed by atoms with Crippen molar-refractivity contribution in [1.29, 1.82) is 0 Å². The van der Waals surface area contributed by atoms with Crippen LogP contribution in [0.1, 0.15) is 55.2 Å². The van der Waals surface area contributed by atoms with Gasteiger partial charge in [-0.1, -0.05) is 32.3 Å². The third-order valence-corrected chi connectivity index (χ3v) is 7.49. The number of sulfone groups is 1. The number of likely N-dealkylation sites (N-methyl/N-ethyl adjacent to an activating group) is 1. The molecule has 3 rings (SSSR count). The number of hydrogen-bond donors (Lipinski definition) is 3. The van der Waals surface area contributed by atoms with Crippen LogP contribution in [0.4, 0.5) is 17.3 Å². The zero-order valence-corrected chi connectivity index (χ0v) is 20.6. The Kier molecular flexibility index (Phi) is 7.58. The van der Waals surface area contributed by atoms with Gasteiger partial charge in [0.05, 0.1) is 10.6 Å². The summed E-state index contributed by atoms with van der Waals surface area (Å²) in [7, 11) is 0.833. The molecule has 1 amide bonds. The van der Waals surface area contributed by atoms with E-state index in [0.717, 1.165) is 19.1 Å². The van der Waals surface area contributed by atoms with Gasteiger partial charge in [0, 0.05) is 24.0 Å². The normalized spacial score (nSPS) is 15.9. The molecule has 180 valence electrons. The fraction of sp³-hybridized carbons (Fsp3) is 0.522. The third kappa shape index (κ3) is 5.80. The molecule has 1 saturated carbocycles. The molecular formula is C23H34N6O3S. The van der Waals surface area contributed by atoms with Crippen molar-refractivity contribution in [1.82, 2.24) is 14.9 Å². The van der Waals surface area contributed by atoms with Crippen molar-refractivity contribution in [2.75, 3.05) is 37.5 Å². The van der Waals surface area contributed by atoms with Gasteiger partial charge in [0.25, 0.3) is 5.91 Å². The van der Waals surface area contributed by atoms with Crippen LogP contribution in [-0.4, -0.2) is 61.6 Å². The van der Waals surface area contributed by atoms with Crippen LogP contribution in [0.25, 0.3) is 0 Å². The van der Waals surface area contributed by atoms with Gasteiger partial charge in [-0.25, -0.2) is 18.4 Å². The molecular weight excluding hydrogens is 440 g/mol. The van der Waals surface area contributed by atoms with Crippen LogP contribution in [0.2, 0.25) is 0 Å². The summed E-state index contributed by atoms with van der Waals surface area (Å²) in [6.45, 7) is 2.66. The largest absolute Gasteiger partial charge is 0.367 e. The number of anilines is 3. The van der Waals surface area contributed by atoms with Crippen molar-refractivity contribution in [3.8, 4) is 0 Å². The number of aromatic nitrogens is 2. The smallest absolute Gasteiger partial charge is 0.271 e. The second-order valence-corrected chi connectivity index (χ2v) is 10.9. The standard InChI is InChI=1S/C23H34N6O3S/c1-5-18-21(25-15-23(29(2)3)12-7-6-8-13-23)28-22(19(27-18)20(24)30)26-16-10-9-11-17(14-16)33(4,31)32/h9-11,14H,5-8,12-13,15H2,1-4H3,(H2,24,30)(H2,25,26,28). The first kappa shape index (κ1) is 24.9. The van der Waals surface area contributed by atoms with Crippen LogP contribution in [0.5, 0.6) is 0 Å². The molecule has 0 radical (unpaired) electrons. The van der Waals surface area contributed by atoms with Gasteiger partial charge in [0.2, 0.25) is 0 Å². The lowest BCUT2D eigenvalue weighted by Gasteiger charge is -2.43. The Balaban J connectivity index is 1.95. The Hall–Kier alpha value is -2.72. The fourth-order valence-electron chi connectivity index (χ4n) is 4.30. The van der Waals surface area contributed by atoms with Crippen molar-refractivity contribution in [2.45, 2.75) is 55.9 Å². The van der Waals surface area contributed by atoms with E-state index < -0.39 is 15.7 Å². The van der Waals surface area contributed by atoms with Gasteiger partial charge in [-0.15, -0.1) is 0 Å². The van der Waals surface area contributed by atoms with Crippen molar-refractivity contribution in [2.24, 2.45) is 5.73 Å². The minimum atomic E-state index is -3.38. The summed E-state index contributed by atoms with van der Waals surface area (Å²) in [4.78, 5) is 23.7. The van der Waals surface area contributed by atoms with Crippen LogP contribution in [0.15, 0.2) is 29.2 Å². The number of nitrogens with one attached hydrogen (secondary N) is 2. The van der Waals surface area contributed by atoms with Crippen molar-refractivity contribution in [3.05, 3.63) is 35.7 Å². The predicted molar refractivity (Wildman–Crippen MR) is 131 cm³/mol. The number of carbonyl (C=O) groups excluding carboxylic acids is 1. The van der Waals surface area contributed by atoms with Crippen molar-refractivity contribution >= 4 is 33.1 Å². The molecule has 1 aliphatic carbocycles. The highest BCUT2D eigenvalue weighted by Crippen LogP contribution is 2.33. The van der Waals surface area contributed by atoms with E-state index in [1.807, 2.05) is 6.92 Å². The Bertz CT molecular complexity index is 1110. The molecule has 1 heterocycles. The van der Waals surface area contributed by atoms with E-state index in [2.05, 4.69) is 39.6 Å². The molecule has 0 aliphatic heterocycles. The highest BCUT2D eigenvalue weighted by atomic mass is 32.2. The second-order valence-electron chi connectivity index (χ2n) is 8.89. The molecule has 1 aromatic carbocycles. The van der Waals surface area contributed by atoms with Crippen molar-refractivity contribution < 1.29 is 13.2 Å². The van der Waals surface area contributed by atoms with Gasteiger partial charge in [-0.3, -0.25) is 4.79 Å². The first-order chi connectivity index (χ1) is 15.6. The van der Waals surface area contributed by atoms with E-state index in [4.69, 9.17) is 5.73 Å². The molecule has 1 aliphatic rings. The molecule has 33 heavy (non-hydrogen) atoms. The Morgan fingerprint density at radius 2 is 1.85 bits per heavy atom. The van der Waals surface area contributed by atoms with Gasteiger partial charge in [0.15, 0.2) is 21.3 Å². The maximum Gasteiger partial charge on any atom is 0.271 e. The molecule has 0 spiro atoms. The van der Waals surface area contributed by atoms with Crippen LogP contribution in [0.3, 0.4) is 0 Å². The monoisotopic (exact) mass is 474 g/mol. The van der Waals surface area contributed by atoms with Gasteiger partial charge in [-0.2, -0.15) is 0 Å². The molecule has 1 fully saturated rings. The number of nitrogens with two attached hydrogens (primary N) is 1. The first-order valence-corrected chi connectivity index (χ1v) is 13.1. The summed E-state index contributed by atoms with van der Waals surface area (Å²) in [5.74, 6) is 0.0778. The van der Waals surface area contributed by atoms with E-state index in [1.54, 1.807) is 12.1 Å². The summed E-state index contributed by atoms with van der Waals surface area (Å²) in [6, 6.07) is 6.33. The van der Waals surface area contributed by atoms with E-state index in [-0.39, 0.29) is 21.9 Å².